The Kier molecular flexibility index (Phi) is 6.31. The highest BCUT2D eigenvalue weighted by Gasteiger charge is 2.16. The maximum atomic E-state index is 12.1. The van der Waals surface area contributed by atoms with Crippen LogP contribution in [0.1, 0.15) is 20.3 Å². The van der Waals surface area contributed by atoms with Crippen LogP contribution in [0.25, 0.3) is 0 Å². The zero-order chi connectivity index (χ0) is 13.4. The highest BCUT2D eigenvalue weighted by atomic mass is 32.2. The van der Waals surface area contributed by atoms with Crippen molar-refractivity contribution in [3.63, 3.8) is 0 Å². The summed E-state index contributed by atoms with van der Waals surface area (Å²) in [5.41, 5.74) is 0. The molecule has 0 atom stereocenters. The van der Waals surface area contributed by atoms with E-state index in [1.54, 1.807) is 4.90 Å². The Hall–Kier alpha value is -1.47. The molecule has 1 amide bonds. The van der Waals surface area contributed by atoms with Gasteiger partial charge in [0.1, 0.15) is 0 Å². The first-order valence-corrected chi connectivity index (χ1v) is 6.98. The summed E-state index contributed by atoms with van der Waals surface area (Å²) in [6.07, 6.45) is 0.389. The lowest BCUT2D eigenvalue weighted by Gasteiger charge is -2.25. The number of nitrogens with zero attached hydrogens (tertiary/aromatic N) is 2. The van der Waals surface area contributed by atoms with E-state index in [1.807, 2.05) is 44.2 Å². The van der Waals surface area contributed by atoms with Gasteiger partial charge in [-0.2, -0.15) is 5.26 Å². The molecule has 18 heavy (non-hydrogen) atoms. The van der Waals surface area contributed by atoms with Crippen LogP contribution in [0, 0.1) is 11.3 Å². The van der Waals surface area contributed by atoms with Crippen LogP contribution in [-0.4, -0.2) is 29.1 Å². The number of hydrogen-bond acceptors (Lipinski definition) is 3. The summed E-state index contributed by atoms with van der Waals surface area (Å²) in [6.45, 7) is 4.47. The van der Waals surface area contributed by atoms with Gasteiger partial charge in [0.25, 0.3) is 0 Å². The van der Waals surface area contributed by atoms with Crippen LogP contribution in [0.3, 0.4) is 0 Å². The molecule has 1 aromatic carbocycles. The summed E-state index contributed by atoms with van der Waals surface area (Å²) in [6, 6.07) is 12.1. The first-order chi connectivity index (χ1) is 8.65. The lowest BCUT2D eigenvalue weighted by atomic mass is 10.3. The van der Waals surface area contributed by atoms with Crippen molar-refractivity contribution in [3.8, 4) is 6.07 Å². The van der Waals surface area contributed by atoms with E-state index < -0.39 is 0 Å². The molecule has 0 aliphatic rings. The lowest BCUT2D eigenvalue weighted by Crippen LogP contribution is -2.38. The second-order valence-corrected chi connectivity index (χ2v) is 5.24. The van der Waals surface area contributed by atoms with E-state index in [2.05, 4.69) is 6.07 Å². The third-order valence-corrected chi connectivity index (χ3v) is 3.51. The molecule has 0 aromatic heterocycles. The Labute approximate surface area is 113 Å². The maximum Gasteiger partial charge on any atom is 0.233 e. The number of carbonyl (C=O) groups is 1. The number of nitriles is 1. The zero-order valence-corrected chi connectivity index (χ0v) is 11.6. The van der Waals surface area contributed by atoms with Gasteiger partial charge < -0.3 is 4.90 Å². The second-order valence-electron chi connectivity index (χ2n) is 4.19. The van der Waals surface area contributed by atoms with Crippen molar-refractivity contribution in [2.24, 2.45) is 0 Å². The normalized spacial score (nSPS) is 10.1. The monoisotopic (exact) mass is 262 g/mol. The fourth-order valence-corrected chi connectivity index (χ4v) is 2.39. The van der Waals surface area contributed by atoms with Gasteiger partial charge in [0.05, 0.1) is 18.2 Å². The molecule has 0 aliphatic carbocycles. The molecule has 0 fully saturated rings. The van der Waals surface area contributed by atoms with Gasteiger partial charge in [-0.25, -0.2) is 0 Å². The summed E-state index contributed by atoms with van der Waals surface area (Å²) in [5.74, 6) is 0.516. The Morgan fingerprint density at radius 2 is 2.06 bits per heavy atom. The first kappa shape index (κ1) is 14.6. The van der Waals surface area contributed by atoms with E-state index in [4.69, 9.17) is 5.26 Å². The van der Waals surface area contributed by atoms with E-state index >= 15 is 0 Å². The molecular weight excluding hydrogens is 244 g/mol. The fourth-order valence-electron chi connectivity index (χ4n) is 1.59. The van der Waals surface area contributed by atoms with E-state index in [0.29, 0.717) is 18.7 Å². The van der Waals surface area contributed by atoms with Crippen molar-refractivity contribution >= 4 is 17.7 Å². The molecule has 3 nitrogen and oxygen atoms in total. The van der Waals surface area contributed by atoms with Gasteiger partial charge in [-0.1, -0.05) is 18.2 Å². The molecule has 0 aliphatic heterocycles. The van der Waals surface area contributed by atoms with Crippen molar-refractivity contribution in [1.82, 2.24) is 4.90 Å². The largest absolute Gasteiger partial charge is 0.339 e. The number of hydrogen-bond donors (Lipinski definition) is 0. The SMILES string of the molecule is CC(C)N(CCC#N)C(=O)CSc1ccccc1. The van der Waals surface area contributed by atoms with Gasteiger partial charge >= 0.3 is 0 Å². The molecule has 0 unspecified atom stereocenters. The standard InChI is InChI=1S/C14H18N2OS/c1-12(2)16(10-6-9-15)14(17)11-18-13-7-4-3-5-8-13/h3-5,7-8,12H,6,10-11H2,1-2H3. The summed E-state index contributed by atoms with van der Waals surface area (Å²) < 4.78 is 0. The summed E-state index contributed by atoms with van der Waals surface area (Å²) >= 11 is 1.53. The van der Waals surface area contributed by atoms with Crippen LogP contribution in [0.15, 0.2) is 35.2 Å². The predicted octanol–water partition coefficient (Wildman–Crippen LogP) is 2.93. The molecule has 0 bridgehead atoms. The number of thioether (sulfide) groups is 1. The number of amides is 1. The third kappa shape index (κ3) is 4.80. The minimum atomic E-state index is 0.0918. The minimum Gasteiger partial charge on any atom is -0.339 e. The quantitative estimate of drug-likeness (QED) is 0.740. The molecule has 96 valence electrons. The maximum absolute atomic E-state index is 12.1. The molecule has 0 saturated heterocycles. The number of carbonyl (C=O) groups excluding carboxylic acids is 1. The van der Waals surface area contributed by atoms with Crippen molar-refractivity contribution in [1.29, 1.82) is 5.26 Å². The zero-order valence-electron chi connectivity index (χ0n) is 10.8. The predicted molar refractivity (Wildman–Crippen MR) is 74.2 cm³/mol. The Bertz CT molecular complexity index is 412. The molecule has 0 saturated carbocycles. The highest BCUT2D eigenvalue weighted by molar-refractivity contribution is 8.00. The minimum absolute atomic E-state index is 0.0918. The van der Waals surface area contributed by atoms with E-state index in [1.165, 1.54) is 11.8 Å². The van der Waals surface area contributed by atoms with E-state index in [0.717, 1.165) is 4.90 Å². The van der Waals surface area contributed by atoms with Crippen LogP contribution >= 0.6 is 11.8 Å². The van der Waals surface area contributed by atoms with Gasteiger partial charge in [0.2, 0.25) is 5.91 Å². The molecule has 0 N–H and O–H groups in total. The van der Waals surface area contributed by atoms with Crippen LogP contribution in [0.5, 0.6) is 0 Å². The summed E-state index contributed by atoms with van der Waals surface area (Å²) in [5, 5.41) is 8.59. The van der Waals surface area contributed by atoms with Crippen molar-refractivity contribution in [3.05, 3.63) is 30.3 Å². The van der Waals surface area contributed by atoms with Crippen LogP contribution in [0.4, 0.5) is 0 Å². The molecule has 4 heteroatoms. The molecule has 1 aromatic rings. The molecule has 1 rings (SSSR count). The first-order valence-electron chi connectivity index (χ1n) is 5.99. The van der Waals surface area contributed by atoms with E-state index in [9.17, 15) is 4.79 Å². The van der Waals surface area contributed by atoms with Gasteiger partial charge in [-0.3, -0.25) is 4.79 Å². The van der Waals surface area contributed by atoms with Gasteiger partial charge in [0, 0.05) is 17.5 Å². The van der Waals surface area contributed by atoms with Crippen LogP contribution < -0.4 is 0 Å². The van der Waals surface area contributed by atoms with Crippen molar-refractivity contribution < 1.29 is 4.79 Å². The number of rotatable bonds is 6. The Morgan fingerprint density at radius 3 is 2.61 bits per heavy atom. The van der Waals surface area contributed by atoms with Gasteiger partial charge in [-0.05, 0) is 26.0 Å². The molecule has 0 spiro atoms. The van der Waals surface area contributed by atoms with Gasteiger partial charge in [0.15, 0.2) is 0 Å². The van der Waals surface area contributed by atoms with Gasteiger partial charge in [-0.15, -0.1) is 11.8 Å². The molecule has 0 heterocycles. The molecule has 0 radical (unpaired) electrons. The lowest BCUT2D eigenvalue weighted by molar-refractivity contribution is -0.129. The summed E-state index contributed by atoms with van der Waals surface area (Å²) in [7, 11) is 0. The average molecular weight is 262 g/mol. The molecular formula is C14H18N2OS. The second kappa shape index (κ2) is 7.78. The Morgan fingerprint density at radius 1 is 1.39 bits per heavy atom. The number of benzene rings is 1. The van der Waals surface area contributed by atoms with Crippen molar-refractivity contribution in [2.45, 2.75) is 31.2 Å². The topological polar surface area (TPSA) is 44.1 Å². The third-order valence-electron chi connectivity index (χ3n) is 2.51. The summed E-state index contributed by atoms with van der Waals surface area (Å²) in [4.78, 5) is 14.9. The van der Waals surface area contributed by atoms with E-state index in [-0.39, 0.29) is 11.9 Å². The van der Waals surface area contributed by atoms with Crippen LogP contribution in [0.2, 0.25) is 0 Å². The fraction of sp³-hybridized carbons (Fsp3) is 0.429. The smallest absolute Gasteiger partial charge is 0.233 e. The Balaban J connectivity index is 2.49. The highest BCUT2D eigenvalue weighted by Crippen LogP contribution is 2.18. The van der Waals surface area contributed by atoms with Crippen molar-refractivity contribution in [2.75, 3.05) is 12.3 Å². The average Bonchev–Trinajstić information content (AvgIpc) is 2.37. The van der Waals surface area contributed by atoms with Crippen LogP contribution in [-0.2, 0) is 4.79 Å².